The van der Waals surface area contributed by atoms with Crippen molar-refractivity contribution in [1.82, 2.24) is 14.8 Å². The molecule has 0 spiro atoms. The van der Waals surface area contributed by atoms with Gasteiger partial charge < -0.3 is 24.3 Å². The topological polar surface area (TPSA) is 89.9 Å². The van der Waals surface area contributed by atoms with Crippen LogP contribution in [0, 0.1) is 0 Å². The number of nitrogens with zero attached hydrogens (tertiary/aromatic N) is 2. The molecule has 182 valence electrons. The molecule has 0 saturated carbocycles. The number of nitrogens with one attached hydrogen (secondary N) is 1. The first kappa shape index (κ1) is 24.0. The molecule has 1 aromatic carbocycles. The molecule has 2 aliphatic heterocycles. The molecule has 3 heterocycles. The van der Waals surface area contributed by atoms with Gasteiger partial charge in [-0.3, -0.25) is 9.59 Å². The number of aromatic nitrogens is 1. The summed E-state index contributed by atoms with van der Waals surface area (Å²) in [5, 5.41) is 3.11. The monoisotopic (exact) mass is 467 g/mol. The van der Waals surface area contributed by atoms with Crippen LogP contribution in [-0.4, -0.2) is 52.5 Å². The Kier molecular flexibility index (Phi) is 7.36. The molecule has 1 unspecified atom stereocenters. The minimum atomic E-state index is -0.597. The van der Waals surface area contributed by atoms with E-state index in [0.29, 0.717) is 43.1 Å². The maximum atomic E-state index is 13.6. The molecule has 1 aromatic heterocycles. The fraction of sp³-hybridized carbons (Fsp3) is 0.500. The van der Waals surface area contributed by atoms with Crippen molar-refractivity contribution in [3.8, 4) is 0 Å². The van der Waals surface area contributed by atoms with Gasteiger partial charge >= 0.3 is 5.97 Å². The van der Waals surface area contributed by atoms with Crippen LogP contribution in [-0.2, 0) is 27.4 Å². The summed E-state index contributed by atoms with van der Waals surface area (Å²) in [5.41, 5.74) is 2.58. The Morgan fingerprint density at radius 2 is 1.94 bits per heavy atom. The van der Waals surface area contributed by atoms with Crippen LogP contribution in [0.2, 0.25) is 0 Å². The van der Waals surface area contributed by atoms with Crippen LogP contribution in [0.15, 0.2) is 36.4 Å². The number of esters is 1. The average molecular weight is 468 g/mol. The van der Waals surface area contributed by atoms with E-state index in [1.165, 1.54) is 0 Å². The normalized spacial score (nSPS) is 18.5. The summed E-state index contributed by atoms with van der Waals surface area (Å²) < 4.78 is 12.9. The van der Waals surface area contributed by atoms with Crippen molar-refractivity contribution in [3.05, 3.63) is 58.9 Å². The maximum absolute atomic E-state index is 13.6. The van der Waals surface area contributed by atoms with Crippen molar-refractivity contribution in [2.75, 3.05) is 13.2 Å². The van der Waals surface area contributed by atoms with Gasteiger partial charge in [-0.2, -0.15) is 0 Å². The average Bonchev–Trinajstić information content (AvgIpc) is 3.48. The summed E-state index contributed by atoms with van der Waals surface area (Å²) in [5.74, 6) is -0.858. The zero-order valence-electron chi connectivity index (χ0n) is 20.1. The van der Waals surface area contributed by atoms with Gasteiger partial charge in [-0.05, 0) is 44.7 Å². The number of fused-ring (bicyclic) bond motifs is 1. The second kappa shape index (κ2) is 10.4. The van der Waals surface area contributed by atoms with Crippen LogP contribution in [0.1, 0.15) is 78.2 Å². The van der Waals surface area contributed by atoms with E-state index < -0.39 is 6.04 Å². The smallest absolute Gasteiger partial charge is 0.329 e. The second-order valence-corrected chi connectivity index (χ2v) is 9.08. The van der Waals surface area contributed by atoms with Crippen molar-refractivity contribution in [1.29, 1.82) is 0 Å². The number of ether oxygens (including phenoxy) is 2. The third-order valence-corrected chi connectivity index (χ3v) is 6.42. The van der Waals surface area contributed by atoms with Gasteiger partial charge in [0.05, 0.1) is 36.6 Å². The Hall–Kier alpha value is -3.13. The molecular formula is C26H33N3O5. The van der Waals surface area contributed by atoms with E-state index in [4.69, 9.17) is 9.47 Å². The van der Waals surface area contributed by atoms with Gasteiger partial charge in [-0.1, -0.05) is 37.3 Å². The highest BCUT2D eigenvalue weighted by Gasteiger charge is 2.38. The van der Waals surface area contributed by atoms with Crippen LogP contribution in [0.4, 0.5) is 0 Å². The highest BCUT2D eigenvalue weighted by Crippen LogP contribution is 2.27. The number of hydrogen-bond acceptors (Lipinski definition) is 5. The molecule has 8 heteroatoms. The lowest BCUT2D eigenvalue weighted by atomic mass is 10.0. The first-order chi connectivity index (χ1) is 16.4. The van der Waals surface area contributed by atoms with Crippen molar-refractivity contribution in [2.24, 2.45) is 0 Å². The quantitative estimate of drug-likeness (QED) is 0.630. The lowest BCUT2D eigenvalue weighted by Crippen LogP contribution is -2.43. The van der Waals surface area contributed by atoms with Crippen LogP contribution in [0.25, 0.3) is 0 Å². The minimum absolute atomic E-state index is 0.137. The van der Waals surface area contributed by atoms with Crippen molar-refractivity contribution < 1.29 is 23.9 Å². The molecule has 4 rings (SSSR count). The Labute approximate surface area is 200 Å². The van der Waals surface area contributed by atoms with Crippen molar-refractivity contribution in [3.63, 3.8) is 0 Å². The molecular weight excluding hydrogens is 434 g/mol. The Balaban J connectivity index is 1.60. The minimum Gasteiger partial charge on any atom is -0.461 e. The summed E-state index contributed by atoms with van der Waals surface area (Å²) in [6.07, 6.45) is 1.82. The van der Waals surface area contributed by atoms with Gasteiger partial charge in [0.15, 0.2) is 0 Å². The predicted molar refractivity (Wildman–Crippen MR) is 126 cm³/mol. The summed E-state index contributed by atoms with van der Waals surface area (Å²) >= 11 is 0. The molecule has 8 nitrogen and oxygen atoms in total. The number of benzene rings is 1. The highest BCUT2D eigenvalue weighted by molar-refractivity contribution is 6.02. The molecule has 2 aliphatic rings. The first-order valence-corrected chi connectivity index (χ1v) is 12.1. The van der Waals surface area contributed by atoms with Crippen molar-refractivity contribution in [2.45, 2.75) is 71.4 Å². The van der Waals surface area contributed by atoms with E-state index in [9.17, 15) is 14.4 Å². The number of hydrogen-bond donors (Lipinski definition) is 1. The zero-order chi connectivity index (χ0) is 24.2. The molecule has 0 aliphatic carbocycles. The van der Waals surface area contributed by atoms with E-state index in [1.807, 2.05) is 41.8 Å². The fourth-order valence-electron chi connectivity index (χ4n) is 4.75. The summed E-state index contributed by atoms with van der Waals surface area (Å²) in [6, 6.07) is 10.7. The Morgan fingerprint density at radius 1 is 1.18 bits per heavy atom. The van der Waals surface area contributed by atoms with E-state index in [2.05, 4.69) is 5.32 Å². The third kappa shape index (κ3) is 4.87. The molecule has 1 saturated heterocycles. The maximum Gasteiger partial charge on any atom is 0.329 e. The molecule has 2 atom stereocenters. The van der Waals surface area contributed by atoms with Crippen LogP contribution < -0.4 is 5.32 Å². The lowest BCUT2D eigenvalue weighted by molar-refractivity contribution is -0.152. The first-order valence-electron chi connectivity index (χ1n) is 12.1. The number of carbonyl (C=O) groups is 3. The van der Waals surface area contributed by atoms with E-state index in [0.717, 1.165) is 18.4 Å². The molecule has 2 aromatic rings. The van der Waals surface area contributed by atoms with Gasteiger partial charge in [0, 0.05) is 13.1 Å². The molecule has 1 N–H and O–H groups in total. The molecule has 0 radical (unpaired) electrons. The molecule has 2 amide bonds. The van der Waals surface area contributed by atoms with E-state index in [1.54, 1.807) is 24.8 Å². The number of amides is 2. The van der Waals surface area contributed by atoms with E-state index in [-0.39, 0.29) is 36.5 Å². The largest absolute Gasteiger partial charge is 0.461 e. The standard InChI is InChI=1S/C26H33N3O5/c1-4-20(18-9-6-5-7-10-18)27-24(30)19-15-22(28-13-14-33-16-23(19)28)25(31)29-12-8-11-21(29)26(32)34-17(2)3/h5-7,9-10,15,17,20-21H,4,8,11-14,16H2,1-3H3,(H,27,30)/t20-,21?/m1/s1. The molecule has 0 bridgehead atoms. The van der Waals surface area contributed by atoms with E-state index >= 15 is 0 Å². The van der Waals surface area contributed by atoms with Gasteiger partial charge in [0.2, 0.25) is 0 Å². The number of rotatable bonds is 7. The zero-order valence-corrected chi connectivity index (χ0v) is 20.1. The Morgan fingerprint density at radius 3 is 2.65 bits per heavy atom. The van der Waals surface area contributed by atoms with Gasteiger partial charge in [-0.15, -0.1) is 0 Å². The molecule has 1 fully saturated rings. The third-order valence-electron chi connectivity index (χ3n) is 6.42. The van der Waals surface area contributed by atoms with Crippen LogP contribution in [0.5, 0.6) is 0 Å². The SMILES string of the molecule is CC[C@@H](NC(=O)c1cc(C(=O)N2CCCC2C(=O)OC(C)C)n2c1COCC2)c1ccccc1. The van der Waals surface area contributed by atoms with Crippen LogP contribution in [0.3, 0.4) is 0 Å². The number of carbonyl (C=O) groups excluding carboxylic acids is 3. The highest BCUT2D eigenvalue weighted by atomic mass is 16.5. The number of likely N-dealkylation sites (tertiary alicyclic amines) is 1. The summed E-state index contributed by atoms with van der Waals surface area (Å²) in [4.78, 5) is 41.1. The van der Waals surface area contributed by atoms with Crippen molar-refractivity contribution >= 4 is 17.8 Å². The fourth-order valence-corrected chi connectivity index (χ4v) is 4.75. The summed E-state index contributed by atoms with van der Waals surface area (Å²) in [7, 11) is 0. The van der Waals surface area contributed by atoms with Gasteiger partial charge in [-0.25, -0.2) is 4.79 Å². The molecule has 34 heavy (non-hydrogen) atoms. The summed E-state index contributed by atoms with van der Waals surface area (Å²) in [6.45, 7) is 7.31. The predicted octanol–water partition coefficient (Wildman–Crippen LogP) is 3.46. The Bertz CT molecular complexity index is 1050. The van der Waals surface area contributed by atoms with Gasteiger partial charge in [0.25, 0.3) is 11.8 Å². The second-order valence-electron chi connectivity index (χ2n) is 9.08. The lowest BCUT2D eigenvalue weighted by Gasteiger charge is -2.26. The van der Waals surface area contributed by atoms with Gasteiger partial charge in [0.1, 0.15) is 11.7 Å². The van der Waals surface area contributed by atoms with Crippen LogP contribution >= 0.6 is 0 Å².